The number of hydrogen-bond donors (Lipinski definition) is 2. The van der Waals surface area contributed by atoms with Gasteiger partial charge in [0.25, 0.3) is 5.91 Å². The highest BCUT2D eigenvalue weighted by Crippen LogP contribution is 2.37. The van der Waals surface area contributed by atoms with E-state index in [1.807, 2.05) is 11.3 Å². The SMILES string of the molecule is CC1c2sccc2CN(C)C1CCNC(=O)c1ccc(NS(C)(=O)=O)cc1. The molecule has 2 atom stereocenters. The van der Waals surface area contributed by atoms with Crippen molar-refractivity contribution < 1.29 is 13.2 Å². The third-order valence-corrected chi connectivity index (χ3v) is 6.70. The van der Waals surface area contributed by atoms with E-state index in [0.717, 1.165) is 19.2 Å². The van der Waals surface area contributed by atoms with Crippen LogP contribution in [-0.2, 0) is 16.6 Å². The molecule has 2 unspecified atom stereocenters. The average molecular weight is 408 g/mol. The third kappa shape index (κ3) is 4.88. The number of anilines is 1. The fourth-order valence-corrected chi connectivity index (χ4v) is 5.23. The van der Waals surface area contributed by atoms with Crippen LogP contribution in [-0.4, -0.2) is 45.1 Å². The van der Waals surface area contributed by atoms with Gasteiger partial charge in [-0.1, -0.05) is 6.92 Å². The van der Waals surface area contributed by atoms with E-state index in [-0.39, 0.29) is 5.91 Å². The van der Waals surface area contributed by atoms with Gasteiger partial charge in [0.1, 0.15) is 0 Å². The van der Waals surface area contributed by atoms with Gasteiger partial charge >= 0.3 is 0 Å². The number of fused-ring (bicyclic) bond motifs is 1. The molecule has 0 saturated heterocycles. The number of nitrogens with one attached hydrogen (secondary N) is 2. The molecule has 0 fully saturated rings. The molecule has 3 rings (SSSR count). The Balaban J connectivity index is 1.54. The van der Waals surface area contributed by atoms with Crippen LogP contribution in [0.25, 0.3) is 0 Å². The molecule has 146 valence electrons. The van der Waals surface area contributed by atoms with E-state index < -0.39 is 10.0 Å². The summed E-state index contributed by atoms with van der Waals surface area (Å²) in [4.78, 5) is 16.2. The van der Waals surface area contributed by atoms with Gasteiger partial charge in [0, 0.05) is 41.2 Å². The third-order valence-electron chi connectivity index (χ3n) is 4.93. The van der Waals surface area contributed by atoms with Gasteiger partial charge in [0.15, 0.2) is 0 Å². The van der Waals surface area contributed by atoms with Crippen LogP contribution in [0.1, 0.15) is 40.1 Å². The monoisotopic (exact) mass is 407 g/mol. The zero-order chi connectivity index (χ0) is 19.6. The van der Waals surface area contributed by atoms with Crippen molar-refractivity contribution in [2.45, 2.75) is 31.8 Å². The van der Waals surface area contributed by atoms with Crippen molar-refractivity contribution in [2.24, 2.45) is 0 Å². The smallest absolute Gasteiger partial charge is 0.251 e. The molecule has 6 nitrogen and oxygen atoms in total. The average Bonchev–Trinajstić information content (AvgIpc) is 3.05. The fraction of sp³-hybridized carbons (Fsp3) is 0.421. The minimum atomic E-state index is -3.32. The van der Waals surface area contributed by atoms with Gasteiger partial charge in [-0.3, -0.25) is 14.4 Å². The fourth-order valence-electron chi connectivity index (χ4n) is 3.63. The number of benzene rings is 1. The van der Waals surface area contributed by atoms with E-state index in [0.29, 0.717) is 29.8 Å². The van der Waals surface area contributed by atoms with Gasteiger partial charge in [0.05, 0.1) is 6.26 Å². The van der Waals surface area contributed by atoms with Gasteiger partial charge in [-0.15, -0.1) is 11.3 Å². The minimum absolute atomic E-state index is 0.149. The Morgan fingerprint density at radius 1 is 1.26 bits per heavy atom. The molecule has 1 aliphatic rings. The van der Waals surface area contributed by atoms with E-state index in [1.165, 1.54) is 10.4 Å². The second-order valence-electron chi connectivity index (χ2n) is 7.08. The summed E-state index contributed by atoms with van der Waals surface area (Å²) in [7, 11) is -1.18. The standard InChI is InChI=1S/C19H25N3O3S2/c1-13-17(22(2)12-15-9-11-26-18(13)15)8-10-20-19(23)14-4-6-16(7-5-14)21-27(3,24)25/h4-7,9,11,13,17,21H,8,10,12H2,1-3H3,(H,20,23). The van der Waals surface area contributed by atoms with Crippen molar-refractivity contribution >= 4 is 33.0 Å². The molecule has 1 aliphatic heterocycles. The predicted octanol–water partition coefficient (Wildman–Crippen LogP) is 2.86. The van der Waals surface area contributed by atoms with Crippen LogP contribution in [0.4, 0.5) is 5.69 Å². The Morgan fingerprint density at radius 3 is 2.63 bits per heavy atom. The van der Waals surface area contributed by atoms with Gasteiger partial charge in [0.2, 0.25) is 10.0 Å². The number of carbonyl (C=O) groups is 1. The van der Waals surface area contributed by atoms with E-state index in [4.69, 9.17) is 0 Å². The summed E-state index contributed by atoms with van der Waals surface area (Å²) in [6.45, 7) is 3.81. The molecule has 0 aliphatic carbocycles. The van der Waals surface area contributed by atoms with Crippen molar-refractivity contribution in [1.82, 2.24) is 10.2 Å². The van der Waals surface area contributed by atoms with Gasteiger partial charge < -0.3 is 5.32 Å². The number of likely N-dealkylation sites (N-methyl/N-ethyl adjacent to an activating group) is 1. The summed E-state index contributed by atoms with van der Waals surface area (Å²) >= 11 is 1.82. The Labute approximate surface area is 164 Å². The van der Waals surface area contributed by atoms with Crippen LogP contribution in [0.3, 0.4) is 0 Å². The first-order chi connectivity index (χ1) is 12.7. The normalized spacial score (nSPS) is 20.1. The minimum Gasteiger partial charge on any atom is -0.352 e. The second-order valence-corrected chi connectivity index (χ2v) is 9.77. The Bertz CT molecular complexity index is 907. The van der Waals surface area contributed by atoms with Crippen LogP contribution >= 0.6 is 11.3 Å². The van der Waals surface area contributed by atoms with Crippen molar-refractivity contribution in [3.05, 3.63) is 51.7 Å². The highest BCUT2D eigenvalue weighted by molar-refractivity contribution is 7.92. The molecule has 0 spiro atoms. The van der Waals surface area contributed by atoms with Crippen molar-refractivity contribution in [3.63, 3.8) is 0 Å². The lowest BCUT2D eigenvalue weighted by atomic mass is 9.89. The van der Waals surface area contributed by atoms with Gasteiger partial charge in [-0.05, 0) is 54.7 Å². The first kappa shape index (κ1) is 19.9. The second kappa shape index (κ2) is 8.00. The number of hydrogen-bond acceptors (Lipinski definition) is 5. The van der Waals surface area contributed by atoms with E-state index in [2.05, 4.69) is 40.4 Å². The van der Waals surface area contributed by atoms with Crippen LogP contribution in [0, 0.1) is 0 Å². The molecule has 0 bridgehead atoms. The topological polar surface area (TPSA) is 78.5 Å². The number of sulfonamides is 1. The molecular formula is C19H25N3O3S2. The summed E-state index contributed by atoms with van der Waals surface area (Å²) < 4.78 is 24.8. The van der Waals surface area contributed by atoms with E-state index in [1.54, 1.807) is 24.3 Å². The molecule has 27 heavy (non-hydrogen) atoms. The number of amides is 1. The summed E-state index contributed by atoms with van der Waals surface area (Å²) in [6.07, 6.45) is 1.98. The zero-order valence-corrected chi connectivity index (χ0v) is 17.4. The van der Waals surface area contributed by atoms with E-state index in [9.17, 15) is 13.2 Å². The zero-order valence-electron chi connectivity index (χ0n) is 15.7. The first-order valence-corrected chi connectivity index (χ1v) is 11.6. The number of rotatable bonds is 6. The number of nitrogens with zero attached hydrogens (tertiary/aromatic N) is 1. The summed E-state index contributed by atoms with van der Waals surface area (Å²) in [6, 6.07) is 9.02. The maximum absolute atomic E-state index is 12.3. The molecule has 8 heteroatoms. The summed E-state index contributed by atoms with van der Waals surface area (Å²) in [5, 5.41) is 5.13. The van der Waals surface area contributed by atoms with Crippen molar-refractivity contribution in [1.29, 1.82) is 0 Å². The molecular weight excluding hydrogens is 382 g/mol. The maximum Gasteiger partial charge on any atom is 0.251 e. The maximum atomic E-state index is 12.3. The summed E-state index contributed by atoms with van der Waals surface area (Å²) in [5.74, 6) is 0.306. The molecule has 2 aromatic rings. The largest absolute Gasteiger partial charge is 0.352 e. The molecule has 2 heterocycles. The van der Waals surface area contributed by atoms with Crippen LogP contribution in [0.2, 0.25) is 0 Å². The molecule has 1 amide bonds. The summed E-state index contributed by atoms with van der Waals surface area (Å²) in [5.41, 5.74) is 2.37. The lowest BCUT2D eigenvalue weighted by Gasteiger charge is -2.37. The molecule has 2 N–H and O–H groups in total. The van der Waals surface area contributed by atoms with Gasteiger partial charge in [-0.25, -0.2) is 8.42 Å². The molecule has 0 saturated carbocycles. The first-order valence-electron chi connectivity index (χ1n) is 8.87. The Morgan fingerprint density at radius 2 is 1.96 bits per heavy atom. The number of carbonyl (C=O) groups excluding carboxylic acids is 1. The molecule has 1 aromatic carbocycles. The van der Waals surface area contributed by atoms with Crippen LogP contribution in [0.5, 0.6) is 0 Å². The highest BCUT2D eigenvalue weighted by Gasteiger charge is 2.30. The van der Waals surface area contributed by atoms with E-state index >= 15 is 0 Å². The van der Waals surface area contributed by atoms with Crippen LogP contribution < -0.4 is 10.0 Å². The highest BCUT2D eigenvalue weighted by atomic mass is 32.2. The van der Waals surface area contributed by atoms with Gasteiger partial charge in [-0.2, -0.15) is 0 Å². The lowest BCUT2D eigenvalue weighted by molar-refractivity contribution is 0.0945. The number of thiophene rings is 1. The lowest BCUT2D eigenvalue weighted by Crippen LogP contribution is -2.41. The van der Waals surface area contributed by atoms with Crippen LogP contribution in [0.15, 0.2) is 35.7 Å². The Kier molecular flexibility index (Phi) is 5.88. The van der Waals surface area contributed by atoms with Crippen molar-refractivity contribution in [3.8, 4) is 0 Å². The predicted molar refractivity (Wildman–Crippen MR) is 110 cm³/mol. The van der Waals surface area contributed by atoms with Crippen molar-refractivity contribution in [2.75, 3.05) is 24.6 Å². The quantitative estimate of drug-likeness (QED) is 0.772. The molecule has 1 aromatic heterocycles. The molecule has 0 radical (unpaired) electrons. The Hall–Kier alpha value is -1.90.